The fourth-order valence-electron chi connectivity index (χ4n) is 2.63. The van der Waals surface area contributed by atoms with Gasteiger partial charge < -0.3 is 5.73 Å². The molecule has 5 nitrogen and oxygen atoms in total. The van der Waals surface area contributed by atoms with Crippen LogP contribution in [0.15, 0.2) is 53.6 Å². The Kier molecular flexibility index (Phi) is 3.92. The molecule has 25 heavy (non-hydrogen) atoms. The van der Waals surface area contributed by atoms with E-state index in [2.05, 4.69) is 4.98 Å². The Bertz CT molecular complexity index is 1080. The molecule has 3 rings (SSSR count). The number of nitrogens with zero attached hydrogens (tertiary/aromatic N) is 1. The number of alkyl halides is 3. The third kappa shape index (κ3) is 3.15. The molecule has 9 heteroatoms. The van der Waals surface area contributed by atoms with Crippen LogP contribution in [0.25, 0.3) is 22.0 Å². The van der Waals surface area contributed by atoms with Crippen LogP contribution < -0.4 is 10.9 Å². The highest BCUT2D eigenvalue weighted by molar-refractivity contribution is 7.89. The van der Waals surface area contributed by atoms with E-state index in [9.17, 15) is 21.6 Å². The van der Waals surface area contributed by atoms with E-state index in [1.54, 1.807) is 0 Å². The lowest BCUT2D eigenvalue weighted by Gasteiger charge is -2.14. The van der Waals surface area contributed by atoms with Crippen molar-refractivity contribution in [2.75, 3.05) is 5.73 Å². The largest absolute Gasteiger partial charge is 0.417 e. The van der Waals surface area contributed by atoms with Crippen LogP contribution in [0.5, 0.6) is 0 Å². The number of fused-ring (bicyclic) bond motifs is 1. The molecule has 0 saturated carbocycles. The highest BCUT2D eigenvalue weighted by Gasteiger charge is 2.33. The molecule has 0 amide bonds. The zero-order valence-electron chi connectivity index (χ0n) is 12.6. The van der Waals surface area contributed by atoms with E-state index in [0.29, 0.717) is 11.1 Å². The van der Waals surface area contributed by atoms with Gasteiger partial charge in [0.1, 0.15) is 4.90 Å². The fourth-order valence-corrected chi connectivity index (χ4v) is 3.27. The van der Waals surface area contributed by atoms with E-state index >= 15 is 0 Å². The van der Waals surface area contributed by atoms with Gasteiger partial charge >= 0.3 is 6.18 Å². The summed E-state index contributed by atoms with van der Waals surface area (Å²) in [5, 5.41) is 5.01. The average Bonchev–Trinajstić information content (AvgIpc) is 2.51. The number of sulfonamides is 1. The third-order valence-corrected chi connectivity index (χ3v) is 4.69. The van der Waals surface area contributed by atoms with E-state index in [0.717, 1.165) is 6.07 Å². The second-order valence-corrected chi connectivity index (χ2v) is 6.89. The topological polar surface area (TPSA) is 99.1 Å². The summed E-state index contributed by atoms with van der Waals surface area (Å²) in [7, 11) is -3.99. The van der Waals surface area contributed by atoms with Crippen LogP contribution in [0.2, 0.25) is 0 Å². The van der Waals surface area contributed by atoms with Gasteiger partial charge in [0.2, 0.25) is 10.0 Å². The van der Waals surface area contributed by atoms with Crippen LogP contribution in [0.4, 0.5) is 18.9 Å². The maximum absolute atomic E-state index is 13.2. The molecule has 4 N–H and O–H groups in total. The van der Waals surface area contributed by atoms with Crippen LogP contribution >= 0.6 is 0 Å². The first-order valence-corrected chi connectivity index (χ1v) is 8.51. The Morgan fingerprint density at radius 2 is 1.76 bits per heavy atom. The summed E-state index contributed by atoms with van der Waals surface area (Å²) < 4.78 is 62.4. The molecule has 130 valence electrons. The summed E-state index contributed by atoms with van der Waals surface area (Å²) in [6, 6.07) is 8.97. The third-order valence-electron chi connectivity index (χ3n) is 3.70. The van der Waals surface area contributed by atoms with Crippen molar-refractivity contribution in [3.63, 3.8) is 0 Å². The van der Waals surface area contributed by atoms with Crippen molar-refractivity contribution < 1.29 is 21.6 Å². The summed E-state index contributed by atoms with van der Waals surface area (Å²) in [5.41, 5.74) is 5.81. The summed E-state index contributed by atoms with van der Waals surface area (Å²) in [6.07, 6.45) is -3.13. The molecule has 0 aliphatic rings. The Morgan fingerprint density at radius 3 is 2.36 bits per heavy atom. The van der Waals surface area contributed by atoms with E-state index in [-0.39, 0.29) is 21.5 Å². The van der Waals surface area contributed by atoms with Gasteiger partial charge in [0, 0.05) is 17.1 Å². The number of rotatable bonds is 2. The summed E-state index contributed by atoms with van der Waals surface area (Å²) in [6.45, 7) is 0. The zero-order chi connectivity index (χ0) is 18.4. The number of aromatic nitrogens is 1. The number of benzene rings is 2. The number of nitrogen functional groups attached to an aromatic ring is 1. The molecule has 1 heterocycles. The summed E-state index contributed by atoms with van der Waals surface area (Å²) >= 11 is 0. The highest BCUT2D eigenvalue weighted by Crippen LogP contribution is 2.38. The number of halogens is 3. The van der Waals surface area contributed by atoms with Crippen molar-refractivity contribution in [3.05, 3.63) is 54.2 Å². The van der Waals surface area contributed by atoms with E-state index < -0.39 is 21.8 Å². The van der Waals surface area contributed by atoms with E-state index in [1.165, 1.54) is 42.6 Å². The molecule has 0 unspecified atom stereocenters. The van der Waals surface area contributed by atoms with Crippen LogP contribution in [0.1, 0.15) is 5.56 Å². The van der Waals surface area contributed by atoms with Gasteiger partial charge in [-0.2, -0.15) is 13.2 Å². The van der Waals surface area contributed by atoms with Crippen LogP contribution in [-0.2, 0) is 16.2 Å². The van der Waals surface area contributed by atoms with Crippen LogP contribution in [0, 0.1) is 0 Å². The molecule has 2 aromatic carbocycles. The maximum atomic E-state index is 13.2. The first kappa shape index (κ1) is 17.2. The lowest BCUT2D eigenvalue weighted by Crippen LogP contribution is -2.14. The lowest BCUT2D eigenvalue weighted by molar-refractivity contribution is -0.136. The standard InChI is InChI=1S/C16H12F3N3O2S/c17-16(18,19)12-5-4-10(15-11(12)2-1-7-22-15)9-3-6-14(13(20)8-9)25(21,23)24/h1-8H,20H2,(H2,21,23,24). The predicted molar refractivity (Wildman–Crippen MR) is 88.0 cm³/mol. The Labute approximate surface area is 141 Å². The molecule has 0 bridgehead atoms. The number of pyridine rings is 1. The van der Waals surface area contributed by atoms with Crippen molar-refractivity contribution in [2.45, 2.75) is 11.1 Å². The molecular weight excluding hydrogens is 355 g/mol. The lowest BCUT2D eigenvalue weighted by atomic mass is 9.98. The Morgan fingerprint density at radius 1 is 1.04 bits per heavy atom. The summed E-state index contributed by atoms with van der Waals surface area (Å²) in [5.74, 6) is 0. The fraction of sp³-hybridized carbons (Fsp3) is 0.0625. The number of nitrogens with two attached hydrogens (primary N) is 2. The number of hydrogen-bond donors (Lipinski definition) is 2. The maximum Gasteiger partial charge on any atom is 0.417 e. The van der Waals surface area contributed by atoms with Crippen molar-refractivity contribution in [1.82, 2.24) is 4.98 Å². The smallest absolute Gasteiger partial charge is 0.398 e. The minimum absolute atomic E-state index is 0.0541. The van der Waals surface area contributed by atoms with Gasteiger partial charge in [0.05, 0.1) is 16.8 Å². The molecule has 0 spiro atoms. The van der Waals surface area contributed by atoms with Gasteiger partial charge in [-0.25, -0.2) is 13.6 Å². The molecule has 0 aliphatic heterocycles. The van der Waals surface area contributed by atoms with Crippen LogP contribution in [0.3, 0.4) is 0 Å². The number of hydrogen-bond acceptors (Lipinski definition) is 4. The Balaban J connectivity index is 2.26. The summed E-state index contributed by atoms with van der Waals surface area (Å²) in [4.78, 5) is 3.80. The number of primary sulfonamides is 1. The van der Waals surface area contributed by atoms with Crippen LogP contribution in [-0.4, -0.2) is 13.4 Å². The SMILES string of the molecule is Nc1cc(-c2ccc(C(F)(F)F)c3cccnc23)ccc1S(N)(=O)=O. The van der Waals surface area contributed by atoms with Crippen molar-refractivity contribution >= 4 is 26.6 Å². The minimum atomic E-state index is -4.52. The second kappa shape index (κ2) is 5.71. The van der Waals surface area contributed by atoms with Gasteiger partial charge in [-0.1, -0.05) is 18.2 Å². The highest BCUT2D eigenvalue weighted by atomic mass is 32.2. The quantitative estimate of drug-likeness (QED) is 0.680. The molecule has 0 aliphatic carbocycles. The zero-order valence-corrected chi connectivity index (χ0v) is 13.4. The number of anilines is 1. The average molecular weight is 367 g/mol. The van der Waals surface area contributed by atoms with E-state index in [4.69, 9.17) is 10.9 Å². The molecular formula is C16H12F3N3O2S. The predicted octanol–water partition coefficient (Wildman–Crippen LogP) is 3.15. The molecule has 0 fully saturated rings. The van der Waals surface area contributed by atoms with Crippen molar-refractivity contribution in [1.29, 1.82) is 0 Å². The normalized spacial score (nSPS) is 12.5. The van der Waals surface area contributed by atoms with Gasteiger partial charge in [0.15, 0.2) is 0 Å². The van der Waals surface area contributed by atoms with E-state index in [1.807, 2.05) is 0 Å². The van der Waals surface area contributed by atoms with Gasteiger partial charge in [-0.05, 0) is 29.8 Å². The van der Waals surface area contributed by atoms with Gasteiger partial charge in [-0.3, -0.25) is 4.98 Å². The first-order chi connectivity index (χ1) is 11.6. The van der Waals surface area contributed by atoms with Crippen molar-refractivity contribution in [2.24, 2.45) is 5.14 Å². The molecule has 3 aromatic rings. The molecule has 0 saturated heterocycles. The van der Waals surface area contributed by atoms with Gasteiger partial charge in [-0.15, -0.1) is 0 Å². The first-order valence-electron chi connectivity index (χ1n) is 6.96. The molecule has 0 atom stereocenters. The minimum Gasteiger partial charge on any atom is -0.398 e. The Hall–Kier alpha value is -2.65. The molecule has 0 radical (unpaired) electrons. The monoisotopic (exact) mass is 367 g/mol. The molecule has 1 aromatic heterocycles. The van der Waals surface area contributed by atoms with Crippen molar-refractivity contribution in [3.8, 4) is 11.1 Å². The van der Waals surface area contributed by atoms with Gasteiger partial charge in [0.25, 0.3) is 0 Å². The second-order valence-electron chi connectivity index (χ2n) is 5.36.